The molecule has 25 heavy (non-hydrogen) atoms. The maximum atomic E-state index is 11.6. The Hall–Kier alpha value is -1.39. The Morgan fingerprint density at radius 1 is 1.16 bits per heavy atom. The predicted octanol–water partition coefficient (Wildman–Crippen LogP) is 4.72. The van der Waals surface area contributed by atoms with Crippen LogP contribution in [0.1, 0.15) is 65.9 Å². The van der Waals surface area contributed by atoms with Crippen molar-refractivity contribution >= 4 is 5.97 Å². The van der Waals surface area contributed by atoms with Crippen molar-refractivity contribution in [3.8, 4) is 0 Å². The number of benzene rings is 1. The maximum Gasteiger partial charge on any atom is 0.322 e. The zero-order valence-electron chi connectivity index (χ0n) is 16.9. The number of carbonyl (C=O) groups excluding carboxylic acids is 1. The van der Waals surface area contributed by atoms with Gasteiger partial charge >= 0.3 is 5.97 Å². The summed E-state index contributed by atoms with van der Waals surface area (Å²) in [5, 5.41) is 3.39. The molecule has 0 amide bonds. The Bertz CT molecular complexity index is 436. The minimum absolute atomic E-state index is 0.175. The molecule has 3 unspecified atom stereocenters. The van der Waals surface area contributed by atoms with E-state index in [0.717, 1.165) is 25.7 Å². The van der Waals surface area contributed by atoms with Crippen LogP contribution in [0, 0.1) is 0 Å². The molecule has 1 aromatic carbocycles. The summed E-state index contributed by atoms with van der Waals surface area (Å²) >= 11 is 0. The van der Waals surface area contributed by atoms with E-state index >= 15 is 0 Å². The lowest BCUT2D eigenvalue weighted by Gasteiger charge is -2.20. The van der Waals surface area contributed by atoms with Crippen molar-refractivity contribution in [2.45, 2.75) is 85.1 Å². The van der Waals surface area contributed by atoms with E-state index in [1.165, 1.54) is 12.7 Å². The van der Waals surface area contributed by atoms with E-state index in [-0.39, 0.29) is 18.1 Å². The van der Waals surface area contributed by atoms with Crippen molar-refractivity contribution in [3.63, 3.8) is 0 Å². The SMILES string of the molecule is CC.CC.CCC(NC1CCC(OCc2ccccc2)C1)C(=O)OC. The lowest BCUT2D eigenvalue weighted by Crippen LogP contribution is -2.42. The second-order valence-electron chi connectivity index (χ2n) is 5.58. The van der Waals surface area contributed by atoms with Gasteiger partial charge in [0.2, 0.25) is 0 Å². The first kappa shape index (κ1) is 23.6. The highest BCUT2D eigenvalue weighted by atomic mass is 16.5. The summed E-state index contributed by atoms with van der Waals surface area (Å²) in [5.74, 6) is -0.175. The Morgan fingerprint density at radius 3 is 2.36 bits per heavy atom. The summed E-state index contributed by atoms with van der Waals surface area (Å²) in [6, 6.07) is 10.4. The predicted molar refractivity (Wildman–Crippen MR) is 105 cm³/mol. The van der Waals surface area contributed by atoms with Crippen molar-refractivity contribution in [3.05, 3.63) is 35.9 Å². The number of esters is 1. The average Bonchev–Trinajstić information content (AvgIpc) is 3.15. The topological polar surface area (TPSA) is 47.6 Å². The molecule has 4 heteroatoms. The summed E-state index contributed by atoms with van der Waals surface area (Å²) in [4.78, 5) is 11.6. The van der Waals surface area contributed by atoms with Crippen molar-refractivity contribution in [2.75, 3.05) is 7.11 Å². The molecule has 0 spiro atoms. The summed E-state index contributed by atoms with van der Waals surface area (Å²) in [6.07, 6.45) is 4.08. The van der Waals surface area contributed by atoms with E-state index in [1.54, 1.807) is 0 Å². The number of hydrogen-bond acceptors (Lipinski definition) is 4. The normalized spacial score (nSPS) is 19.8. The lowest BCUT2D eigenvalue weighted by atomic mass is 10.1. The van der Waals surface area contributed by atoms with Gasteiger partial charge in [0.15, 0.2) is 0 Å². The van der Waals surface area contributed by atoms with Gasteiger partial charge in [-0.15, -0.1) is 0 Å². The van der Waals surface area contributed by atoms with Gasteiger partial charge in [-0.25, -0.2) is 0 Å². The van der Waals surface area contributed by atoms with Crippen LogP contribution in [0.15, 0.2) is 30.3 Å². The number of nitrogens with one attached hydrogen (secondary N) is 1. The van der Waals surface area contributed by atoms with Gasteiger partial charge in [-0.2, -0.15) is 0 Å². The van der Waals surface area contributed by atoms with Gasteiger partial charge in [0.05, 0.1) is 19.8 Å². The Labute approximate surface area is 154 Å². The molecule has 1 N–H and O–H groups in total. The van der Waals surface area contributed by atoms with E-state index < -0.39 is 0 Å². The molecule has 1 fully saturated rings. The number of carbonyl (C=O) groups is 1. The summed E-state index contributed by atoms with van der Waals surface area (Å²) < 4.78 is 10.8. The largest absolute Gasteiger partial charge is 0.468 e. The molecule has 3 atom stereocenters. The summed E-state index contributed by atoms with van der Waals surface area (Å²) in [6.45, 7) is 10.7. The molecule has 0 bridgehead atoms. The molecule has 0 radical (unpaired) electrons. The fourth-order valence-electron chi connectivity index (χ4n) is 2.81. The van der Waals surface area contributed by atoms with E-state index in [0.29, 0.717) is 12.6 Å². The second-order valence-corrected chi connectivity index (χ2v) is 5.58. The number of methoxy groups -OCH3 is 1. The smallest absolute Gasteiger partial charge is 0.322 e. The fraction of sp³-hybridized carbons (Fsp3) is 0.667. The van der Waals surface area contributed by atoms with Crippen LogP contribution in [0.25, 0.3) is 0 Å². The first-order valence-corrected chi connectivity index (χ1v) is 9.72. The minimum Gasteiger partial charge on any atom is -0.468 e. The Kier molecular flexibility index (Phi) is 14.1. The highest BCUT2D eigenvalue weighted by Gasteiger charge is 2.29. The van der Waals surface area contributed by atoms with Crippen molar-refractivity contribution in [1.82, 2.24) is 5.32 Å². The van der Waals surface area contributed by atoms with Crippen molar-refractivity contribution < 1.29 is 14.3 Å². The Balaban J connectivity index is 0.00000134. The maximum absolute atomic E-state index is 11.6. The van der Waals surface area contributed by atoms with E-state index in [1.807, 2.05) is 52.8 Å². The molecule has 1 aliphatic rings. The molecular weight excluding hydrogens is 314 g/mol. The molecule has 0 aliphatic heterocycles. The molecule has 0 heterocycles. The molecule has 1 saturated carbocycles. The molecule has 2 rings (SSSR count). The molecular formula is C21H37NO3. The first-order chi connectivity index (χ1) is 12.2. The second kappa shape index (κ2) is 14.9. The van der Waals surface area contributed by atoms with E-state index in [2.05, 4.69) is 17.4 Å². The molecule has 1 aromatic rings. The van der Waals surface area contributed by atoms with Crippen molar-refractivity contribution in [2.24, 2.45) is 0 Å². The molecule has 144 valence electrons. The molecule has 1 aliphatic carbocycles. The summed E-state index contributed by atoms with van der Waals surface area (Å²) in [5.41, 5.74) is 1.20. The fourth-order valence-corrected chi connectivity index (χ4v) is 2.81. The van der Waals surface area contributed by atoms with Crippen LogP contribution in [0.5, 0.6) is 0 Å². The molecule has 4 nitrogen and oxygen atoms in total. The van der Waals surface area contributed by atoms with Gasteiger partial charge in [-0.1, -0.05) is 65.0 Å². The Morgan fingerprint density at radius 2 is 1.80 bits per heavy atom. The number of rotatable bonds is 7. The molecule has 0 saturated heterocycles. The van der Waals surface area contributed by atoms with Gasteiger partial charge in [-0.05, 0) is 31.2 Å². The number of ether oxygens (including phenoxy) is 2. The van der Waals surface area contributed by atoms with Crippen LogP contribution >= 0.6 is 0 Å². The van der Waals surface area contributed by atoms with E-state index in [4.69, 9.17) is 9.47 Å². The third-order valence-electron chi connectivity index (χ3n) is 4.04. The minimum atomic E-state index is -0.201. The van der Waals surface area contributed by atoms with Crippen LogP contribution in [0.2, 0.25) is 0 Å². The van der Waals surface area contributed by atoms with Crippen LogP contribution in [0.3, 0.4) is 0 Å². The van der Waals surface area contributed by atoms with Gasteiger partial charge in [0, 0.05) is 6.04 Å². The van der Waals surface area contributed by atoms with Crippen LogP contribution in [0.4, 0.5) is 0 Å². The quantitative estimate of drug-likeness (QED) is 0.722. The number of hydrogen-bond donors (Lipinski definition) is 1. The highest BCUT2D eigenvalue weighted by molar-refractivity contribution is 5.75. The van der Waals surface area contributed by atoms with Gasteiger partial charge < -0.3 is 14.8 Å². The average molecular weight is 352 g/mol. The third kappa shape index (κ3) is 9.03. The zero-order valence-corrected chi connectivity index (χ0v) is 16.9. The lowest BCUT2D eigenvalue weighted by molar-refractivity contribution is -0.143. The van der Waals surface area contributed by atoms with Crippen molar-refractivity contribution in [1.29, 1.82) is 0 Å². The molecule has 0 aromatic heterocycles. The van der Waals surface area contributed by atoms with Crippen LogP contribution in [-0.2, 0) is 20.9 Å². The summed E-state index contributed by atoms with van der Waals surface area (Å²) in [7, 11) is 1.44. The zero-order chi connectivity index (χ0) is 19.1. The van der Waals surface area contributed by atoms with Crippen LogP contribution < -0.4 is 5.32 Å². The first-order valence-electron chi connectivity index (χ1n) is 9.72. The van der Waals surface area contributed by atoms with Gasteiger partial charge in [0.25, 0.3) is 0 Å². The van der Waals surface area contributed by atoms with Crippen LogP contribution in [-0.4, -0.2) is 31.3 Å². The van der Waals surface area contributed by atoms with Gasteiger partial charge in [-0.3, -0.25) is 4.79 Å². The monoisotopic (exact) mass is 351 g/mol. The standard InChI is InChI=1S/C17H25NO3.2C2H6/c1-3-16(17(19)20-2)18-14-9-10-15(11-14)21-12-13-7-5-4-6-8-13;2*1-2/h4-8,14-16,18H,3,9-12H2,1-2H3;2*1-2H3. The van der Waals surface area contributed by atoms with E-state index in [9.17, 15) is 4.79 Å². The third-order valence-corrected chi connectivity index (χ3v) is 4.04. The highest BCUT2D eigenvalue weighted by Crippen LogP contribution is 2.24. The van der Waals surface area contributed by atoms with Gasteiger partial charge in [0.1, 0.15) is 6.04 Å².